The molecule has 0 spiro atoms. The molecule has 0 aliphatic carbocycles. The van der Waals surface area contributed by atoms with Crippen molar-refractivity contribution in [2.75, 3.05) is 11.1 Å². The number of para-hydroxylation sites is 1. The smallest absolute Gasteiger partial charge is 0.259 e. The lowest BCUT2D eigenvalue weighted by Gasteiger charge is -2.16. The molecule has 1 heterocycles. The molecular formula is C16H18BrN3O. The number of aryl methyl sites for hydroxylation is 1. The number of pyridine rings is 1. The number of aromatic nitrogens is 1. The zero-order valence-electron chi connectivity index (χ0n) is 12.3. The molecule has 1 amide bonds. The van der Waals surface area contributed by atoms with Crippen LogP contribution in [0.2, 0.25) is 0 Å². The number of hydrogen-bond donors (Lipinski definition) is 2. The minimum absolute atomic E-state index is 0.218. The summed E-state index contributed by atoms with van der Waals surface area (Å²) < 4.78 is 0.718. The largest absolute Gasteiger partial charge is 0.383 e. The second kappa shape index (κ2) is 6.26. The highest BCUT2D eigenvalue weighted by molar-refractivity contribution is 9.10. The molecule has 0 saturated carbocycles. The molecule has 0 atom stereocenters. The summed E-state index contributed by atoms with van der Waals surface area (Å²) in [4.78, 5) is 16.5. The summed E-state index contributed by atoms with van der Waals surface area (Å²) >= 11 is 3.30. The number of carbonyl (C=O) groups is 1. The van der Waals surface area contributed by atoms with E-state index in [-0.39, 0.29) is 11.7 Å². The molecule has 0 saturated heterocycles. The van der Waals surface area contributed by atoms with Crippen LogP contribution in [-0.4, -0.2) is 10.9 Å². The Kier molecular flexibility index (Phi) is 4.63. The molecule has 110 valence electrons. The van der Waals surface area contributed by atoms with Crippen LogP contribution in [0, 0.1) is 6.92 Å². The van der Waals surface area contributed by atoms with E-state index in [0.717, 1.165) is 21.3 Å². The van der Waals surface area contributed by atoms with E-state index in [1.165, 1.54) is 0 Å². The summed E-state index contributed by atoms with van der Waals surface area (Å²) in [5.74, 6) is 0.283. The maximum absolute atomic E-state index is 12.5. The molecule has 0 unspecified atom stereocenters. The molecule has 0 aliphatic rings. The Morgan fingerprint density at radius 1 is 1.38 bits per heavy atom. The van der Waals surface area contributed by atoms with Crippen LogP contribution >= 0.6 is 15.9 Å². The molecule has 0 radical (unpaired) electrons. The van der Waals surface area contributed by atoms with Gasteiger partial charge in [0.25, 0.3) is 5.91 Å². The van der Waals surface area contributed by atoms with Gasteiger partial charge >= 0.3 is 0 Å². The van der Waals surface area contributed by atoms with Gasteiger partial charge in [-0.2, -0.15) is 0 Å². The van der Waals surface area contributed by atoms with E-state index in [1.54, 1.807) is 12.3 Å². The molecule has 2 rings (SSSR count). The van der Waals surface area contributed by atoms with Gasteiger partial charge in [-0.3, -0.25) is 4.79 Å². The Morgan fingerprint density at radius 2 is 2.10 bits per heavy atom. The topological polar surface area (TPSA) is 68.0 Å². The van der Waals surface area contributed by atoms with Crippen molar-refractivity contribution in [1.82, 2.24) is 4.98 Å². The maximum atomic E-state index is 12.5. The van der Waals surface area contributed by atoms with E-state index in [0.29, 0.717) is 11.5 Å². The number of halogens is 1. The Balaban J connectivity index is 2.38. The first kappa shape index (κ1) is 15.5. The molecule has 2 aromatic rings. The van der Waals surface area contributed by atoms with E-state index in [9.17, 15) is 4.79 Å². The predicted molar refractivity (Wildman–Crippen MR) is 89.6 cm³/mol. The van der Waals surface area contributed by atoms with Crippen molar-refractivity contribution < 1.29 is 4.79 Å². The van der Waals surface area contributed by atoms with Crippen molar-refractivity contribution in [3.63, 3.8) is 0 Å². The molecule has 3 N–H and O–H groups in total. The molecule has 1 aromatic heterocycles. The summed E-state index contributed by atoms with van der Waals surface area (Å²) in [6, 6.07) is 7.67. The van der Waals surface area contributed by atoms with Gasteiger partial charge in [-0.1, -0.05) is 32.0 Å². The van der Waals surface area contributed by atoms with Gasteiger partial charge in [-0.25, -0.2) is 4.98 Å². The van der Waals surface area contributed by atoms with Crippen LogP contribution in [0.3, 0.4) is 0 Å². The first-order valence-electron chi connectivity index (χ1n) is 6.72. The highest BCUT2D eigenvalue weighted by Crippen LogP contribution is 2.28. The van der Waals surface area contributed by atoms with E-state index in [1.807, 2.05) is 25.1 Å². The van der Waals surface area contributed by atoms with Crippen molar-refractivity contribution in [2.45, 2.75) is 26.7 Å². The molecule has 1 aromatic carbocycles. The Hall–Kier alpha value is -1.88. The van der Waals surface area contributed by atoms with Gasteiger partial charge in [0, 0.05) is 16.4 Å². The Bertz CT molecular complexity index is 683. The zero-order chi connectivity index (χ0) is 15.6. The fraction of sp³-hybridized carbons (Fsp3) is 0.250. The van der Waals surface area contributed by atoms with E-state index in [2.05, 4.69) is 40.1 Å². The number of hydrogen-bond acceptors (Lipinski definition) is 3. The maximum Gasteiger partial charge on any atom is 0.259 e. The monoisotopic (exact) mass is 347 g/mol. The predicted octanol–water partition coefficient (Wildman–Crippen LogP) is 4.11. The van der Waals surface area contributed by atoms with Crippen LogP contribution in [0.5, 0.6) is 0 Å². The van der Waals surface area contributed by atoms with Gasteiger partial charge in [0.05, 0.1) is 5.56 Å². The SMILES string of the molecule is Cc1cccc(C(C)C)c1NC(=O)c1cc(Br)cnc1N. The van der Waals surface area contributed by atoms with Gasteiger partial charge in [0.15, 0.2) is 0 Å². The summed E-state index contributed by atoms with van der Waals surface area (Å²) in [6.45, 7) is 6.17. The molecule has 21 heavy (non-hydrogen) atoms. The molecule has 5 heteroatoms. The number of anilines is 2. The number of carbonyl (C=O) groups excluding carboxylic acids is 1. The number of nitrogens with one attached hydrogen (secondary N) is 1. The summed E-state index contributed by atoms with van der Waals surface area (Å²) in [7, 11) is 0. The van der Waals surface area contributed by atoms with Crippen LogP contribution in [-0.2, 0) is 0 Å². The molecule has 0 bridgehead atoms. The Morgan fingerprint density at radius 3 is 2.76 bits per heavy atom. The molecule has 0 fully saturated rings. The standard InChI is InChI=1S/C16H18BrN3O/c1-9(2)12-6-4-5-10(3)14(12)20-16(21)13-7-11(17)8-19-15(13)18/h4-9H,1-3H3,(H2,18,19)(H,20,21). The highest BCUT2D eigenvalue weighted by Gasteiger charge is 2.16. The molecule has 4 nitrogen and oxygen atoms in total. The van der Waals surface area contributed by atoms with Crippen molar-refractivity contribution >= 4 is 33.3 Å². The van der Waals surface area contributed by atoms with E-state index < -0.39 is 0 Å². The van der Waals surface area contributed by atoms with Crippen LogP contribution in [0.4, 0.5) is 11.5 Å². The van der Waals surface area contributed by atoms with Gasteiger partial charge in [-0.05, 0) is 46.0 Å². The second-order valence-corrected chi connectivity index (χ2v) is 6.15. The second-order valence-electron chi connectivity index (χ2n) is 5.23. The van der Waals surface area contributed by atoms with Gasteiger partial charge in [0.2, 0.25) is 0 Å². The van der Waals surface area contributed by atoms with Crippen molar-refractivity contribution in [1.29, 1.82) is 0 Å². The quantitative estimate of drug-likeness (QED) is 0.877. The minimum Gasteiger partial charge on any atom is -0.383 e. The average Bonchev–Trinajstić information content (AvgIpc) is 2.43. The number of nitrogen functional groups attached to an aromatic ring is 1. The lowest BCUT2D eigenvalue weighted by Crippen LogP contribution is -2.17. The lowest BCUT2D eigenvalue weighted by atomic mass is 9.98. The molecule has 0 aliphatic heterocycles. The Labute approximate surface area is 132 Å². The highest BCUT2D eigenvalue weighted by atomic mass is 79.9. The first-order chi connectivity index (χ1) is 9.90. The summed E-state index contributed by atoms with van der Waals surface area (Å²) in [6.07, 6.45) is 1.57. The molecular weight excluding hydrogens is 330 g/mol. The number of nitrogens with two attached hydrogens (primary N) is 1. The van der Waals surface area contributed by atoms with Gasteiger partial charge < -0.3 is 11.1 Å². The summed E-state index contributed by atoms with van der Waals surface area (Å²) in [5, 5.41) is 2.96. The number of nitrogens with zero attached hydrogens (tertiary/aromatic N) is 1. The van der Waals surface area contributed by atoms with Gasteiger partial charge in [-0.15, -0.1) is 0 Å². The van der Waals surface area contributed by atoms with Gasteiger partial charge in [0.1, 0.15) is 5.82 Å². The normalized spacial score (nSPS) is 10.7. The number of benzene rings is 1. The van der Waals surface area contributed by atoms with Crippen molar-refractivity contribution in [3.8, 4) is 0 Å². The summed E-state index contributed by atoms with van der Waals surface area (Å²) in [5.41, 5.74) is 9.12. The lowest BCUT2D eigenvalue weighted by molar-refractivity contribution is 0.102. The van der Waals surface area contributed by atoms with Crippen LogP contribution < -0.4 is 11.1 Å². The third-order valence-electron chi connectivity index (χ3n) is 3.30. The average molecular weight is 348 g/mol. The number of rotatable bonds is 3. The zero-order valence-corrected chi connectivity index (χ0v) is 13.9. The van der Waals surface area contributed by atoms with Crippen LogP contribution in [0.25, 0.3) is 0 Å². The van der Waals surface area contributed by atoms with Crippen molar-refractivity contribution in [3.05, 3.63) is 51.6 Å². The van der Waals surface area contributed by atoms with E-state index >= 15 is 0 Å². The fourth-order valence-corrected chi connectivity index (χ4v) is 2.49. The van der Waals surface area contributed by atoms with Crippen LogP contribution in [0.15, 0.2) is 34.9 Å². The number of amides is 1. The third-order valence-corrected chi connectivity index (χ3v) is 3.73. The first-order valence-corrected chi connectivity index (χ1v) is 7.51. The third kappa shape index (κ3) is 3.42. The minimum atomic E-state index is -0.252. The van der Waals surface area contributed by atoms with E-state index in [4.69, 9.17) is 5.73 Å². The van der Waals surface area contributed by atoms with Crippen molar-refractivity contribution in [2.24, 2.45) is 0 Å². The fourth-order valence-electron chi connectivity index (χ4n) is 2.15. The van der Waals surface area contributed by atoms with Crippen LogP contribution in [0.1, 0.15) is 41.3 Å².